The number of hydrogen-bond donors (Lipinski definition) is 0. The molecule has 0 radical (unpaired) electrons. The molecule has 1 aliphatic carbocycles. The number of carbonyl (C=O) groups is 2. The number of carbonyl (C=O) groups excluding carboxylic acids is 2. The van der Waals surface area contributed by atoms with Crippen LogP contribution in [0.1, 0.15) is 30.0 Å². The molecule has 1 aliphatic heterocycles. The van der Waals surface area contributed by atoms with Crippen LogP contribution in [0.5, 0.6) is 5.75 Å². The van der Waals surface area contributed by atoms with Crippen molar-refractivity contribution >= 4 is 17.3 Å². The number of fused-ring (bicyclic) bond motifs is 1. The van der Waals surface area contributed by atoms with Crippen LogP contribution in [0.3, 0.4) is 0 Å². The fourth-order valence-electron chi connectivity index (χ4n) is 3.52. The molecule has 4 heteroatoms. The van der Waals surface area contributed by atoms with Crippen molar-refractivity contribution in [3.05, 3.63) is 46.5 Å². The number of ether oxygens (including phenoxy) is 2. The van der Waals surface area contributed by atoms with Gasteiger partial charge in [0.05, 0.1) is 13.5 Å². The van der Waals surface area contributed by atoms with E-state index in [0.29, 0.717) is 5.57 Å². The molecule has 0 saturated carbocycles. The van der Waals surface area contributed by atoms with E-state index in [2.05, 4.69) is 12.6 Å². The number of ketones is 1. The van der Waals surface area contributed by atoms with E-state index < -0.39 is 11.6 Å². The Labute approximate surface area is 129 Å². The fourth-order valence-corrected chi connectivity index (χ4v) is 3.52. The first kappa shape index (κ1) is 14.6. The highest BCUT2D eigenvalue weighted by atomic mass is 16.5. The van der Waals surface area contributed by atoms with Crippen LogP contribution in [-0.2, 0) is 14.3 Å². The minimum atomic E-state index is -0.943. The van der Waals surface area contributed by atoms with Gasteiger partial charge in [0.1, 0.15) is 11.3 Å². The summed E-state index contributed by atoms with van der Waals surface area (Å²) in [5.41, 5.74) is 3.55. The molecule has 1 heterocycles. The summed E-state index contributed by atoms with van der Waals surface area (Å²) in [6.45, 7) is 9.90. The van der Waals surface area contributed by atoms with Gasteiger partial charge >= 0.3 is 5.97 Å². The van der Waals surface area contributed by atoms with Gasteiger partial charge in [-0.05, 0) is 43.5 Å². The summed E-state index contributed by atoms with van der Waals surface area (Å²) in [7, 11) is 1.27. The van der Waals surface area contributed by atoms with Gasteiger partial charge in [0, 0.05) is 11.1 Å². The van der Waals surface area contributed by atoms with Gasteiger partial charge in [-0.15, -0.1) is 0 Å². The molecule has 0 N–H and O–H groups in total. The third-order valence-corrected chi connectivity index (χ3v) is 4.58. The van der Waals surface area contributed by atoms with Crippen LogP contribution >= 0.6 is 0 Å². The molecule has 1 aromatic rings. The van der Waals surface area contributed by atoms with Crippen LogP contribution in [0.15, 0.2) is 29.9 Å². The lowest BCUT2D eigenvalue weighted by molar-refractivity contribution is -0.137. The van der Waals surface area contributed by atoms with E-state index >= 15 is 0 Å². The Bertz CT molecular complexity index is 770. The second-order valence-electron chi connectivity index (χ2n) is 5.95. The van der Waals surface area contributed by atoms with Crippen molar-refractivity contribution in [3.8, 4) is 5.75 Å². The second-order valence-corrected chi connectivity index (χ2v) is 5.95. The molecule has 0 fully saturated rings. The minimum absolute atomic E-state index is 0.0887. The zero-order chi connectivity index (χ0) is 16.2. The van der Waals surface area contributed by atoms with Gasteiger partial charge < -0.3 is 9.47 Å². The normalized spacial score (nSPS) is 23.1. The third kappa shape index (κ3) is 1.70. The predicted molar refractivity (Wildman–Crippen MR) is 82.6 cm³/mol. The smallest absolute Gasteiger partial charge is 0.341 e. The minimum Gasteiger partial charge on any atom is -0.477 e. The average molecular weight is 298 g/mol. The van der Waals surface area contributed by atoms with E-state index in [1.165, 1.54) is 7.11 Å². The molecule has 22 heavy (non-hydrogen) atoms. The molecule has 0 amide bonds. The summed E-state index contributed by atoms with van der Waals surface area (Å²) in [4.78, 5) is 24.2. The lowest BCUT2D eigenvalue weighted by Crippen LogP contribution is -2.32. The number of benzene rings is 1. The standard InChI is InChI=1S/C18H18O4/c1-9-6-10(2)15-11(3)18(22-14(15)7-9)8-13(19)16(12(18)4)17(20)21-5/h6-7H,3,8H2,1-2,4-5H3/t18-/m0/s1. The SMILES string of the molecule is C=C1c2c(C)cc(C)cc2O[C@@]12CC(=O)C(C(=O)OC)=C2C. The highest BCUT2D eigenvalue weighted by Gasteiger charge is 2.54. The van der Waals surface area contributed by atoms with E-state index in [9.17, 15) is 9.59 Å². The van der Waals surface area contributed by atoms with E-state index in [0.717, 1.165) is 28.0 Å². The Kier molecular flexibility index (Phi) is 3.02. The molecule has 0 unspecified atom stereocenters. The Balaban J connectivity index is 2.17. The highest BCUT2D eigenvalue weighted by molar-refractivity contribution is 6.22. The molecule has 0 saturated heterocycles. The molecule has 2 aliphatic rings. The van der Waals surface area contributed by atoms with Gasteiger partial charge in [-0.25, -0.2) is 4.79 Å². The maximum Gasteiger partial charge on any atom is 0.341 e. The maximum absolute atomic E-state index is 12.3. The Morgan fingerprint density at radius 3 is 2.64 bits per heavy atom. The van der Waals surface area contributed by atoms with Gasteiger partial charge in [0.25, 0.3) is 0 Å². The van der Waals surface area contributed by atoms with Crippen molar-refractivity contribution in [2.75, 3.05) is 7.11 Å². The van der Waals surface area contributed by atoms with Crippen LogP contribution < -0.4 is 4.74 Å². The van der Waals surface area contributed by atoms with Gasteiger partial charge in [-0.1, -0.05) is 12.6 Å². The quantitative estimate of drug-likeness (QED) is 0.591. The van der Waals surface area contributed by atoms with Crippen molar-refractivity contribution < 1.29 is 19.1 Å². The molecule has 3 rings (SSSR count). The molecule has 114 valence electrons. The van der Waals surface area contributed by atoms with Crippen LogP contribution in [0.25, 0.3) is 5.57 Å². The lowest BCUT2D eigenvalue weighted by Gasteiger charge is -2.26. The highest BCUT2D eigenvalue weighted by Crippen LogP contribution is 2.53. The first-order valence-corrected chi connectivity index (χ1v) is 7.14. The van der Waals surface area contributed by atoms with Crippen molar-refractivity contribution in [1.29, 1.82) is 0 Å². The lowest BCUT2D eigenvalue weighted by atomic mass is 9.84. The number of Topliss-reactive ketones (excluding diaryl/α,β-unsaturated/α-hetero) is 1. The summed E-state index contributed by atoms with van der Waals surface area (Å²) in [5.74, 6) is -0.145. The monoisotopic (exact) mass is 298 g/mol. The summed E-state index contributed by atoms with van der Waals surface area (Å²) >= 11 is 0. The number of methoxy groups -OCH3 is 1. The van der Waals surface area contributed by atoms with E-state index in [1.54, 1.807) is 6.92 Å². The first-order valence-electron chi connectivity index (χ1n) is 7.14. The van der Waals surface area contributed by atoms with Gasteiger partial charge in [-0.2, -0.15) is 0 Å². The zero-order valence-corrected chi connectivity index (χ0v) is 13.2. The van der Waals surface area contributed by atoms with Crippen molar-refractivity contribution in [3.63, 3.8) is 0 Å². The molecule has 1 atom stereocenters. The van der Waals surface area contributed by atoms with Crippen molar-refractivity contribution in [2.24, 2.45) is 0 Å². The molecular weight excluding hydrogens is 280 g/mol. The van der Waals surface area contributed by atoms with Gasteiger partial charge in [-0.3, -0.25) is 4.79 Å². The third-order valence-electron chi connectivity index (χ3n) is 4.58. The molecule has 1 aromatic carbocycles. The van der Waals surface area contributed by atoms with Crippen LogP contribution in [0.4, 0.5) is 0 Å². The van der Waals surface area contributed by atoms with E-state index in [1.807, 2.05) is 19.9 Å². The first-order chi connectivity index (χ1) is 10.3. The number of rotatable bonds is 1. The van der Waals surface area contributed by atoms with E-state index in [4.69, 9.17) is 9.47 Å². The summed E-state index contributed by atoms with van der Waals surface area (Å²) < 4.78 is 10.9. The largest absolute Gasteiger partial charge is 0.477 e. The topological polar surface area (TPSA) is 52.6 Å². The van der Waals surface area contributed by atoms with Crippen LogP contribution in [-0.4, -0.2) is 24.5 Å². The fraction of sp³-hybridized carbons (Fsp3) is 0.333. The Morgan fingerprint density at radius 1 is 1.32 bits per heavy atom. The molecule has 0 bridgehead atoms. The van der Waals surface area contributed by atoms with Crippen LogP contribution in [0, 0.1) is 13.8 Å². The number of hydrogen-bond acceptors (Lipinski definition) is 4. The number of aryl methyl sites for hydroxylation is 2. The average Bonchev–Trinajstić information content (AvgIpc) is 2.85. The maximum atomic E-state index is 12.3. The van der Waals surface area contributed by atoms with Gasteiger partial charge in [0.15, 0.2) is 11.4 Å². The summed E-state index contributed by atoms with van der Waals surface area (Å²) in [6, 6.07) is 4.00. The summed E-state index contributed by atoms with van der Waals surface area (Å²) in [6.07, 6.45) is 0.0925. The van der Waals surface area contributed by atoms with Crippen LogP contribution in [0.2, 0.25) is 0 Å². The summed E-state index contributed by atoms with van der Waals surface area (Å²) in [5, 5.41) is 0. The van der Waals surface area contributed by atoms with Crippen molar-refractivity contribution in [2.45, 2.75) is 32.8 Å². The molecule has 4 nitrogen and oxygen atoms in total. The molecule has 0 aromatic heterocycles. The molecular formula is C18H18O4. The predicted octanol–water partition coefficient (Wildman–Crippen LogP) is 2.91. The van der Waals surface area contributed by atoms with Gasteiger partial charge in [0.2, 0.25) is 0 Å². The Hall–Kier alpha value is -2.36. The van der Waals surface area contributed by atoms with E-state index in [-0.39, 0.29) is 17.8 Å². The second kappa shape index (κ2) is 4.57. The van der Waals surface area contributed by atoms with Crippen molar-refractivity contribution in [1.82, 2.24) is 0 Å². The molecule has 1 spiro atoms. The zero-order valence-electron chi connectivity index (χ0n) is 13.2. The number of esters is 1. The Morgan fingerprint density at radius 2 is 2.00 bits per heavy atom.